The second-order valence-electron chi connectivity index (χ2n) is 6.12. The largest absolute Gasteiger partial charge is 0.419 e. The number of carbonyl (C=O) groups is 1. The lowest BCUT2D eigenvalue weighted by molar-refractivity contribution is -0.121. The fourth-order valence-electron chi connectivity index (χ4n) is 3.78. The summed E-state index contributed by atoms with van der Waals surface area (Å²) in [5.41, 5.74) is 1.46. The van der Waals surface area contributed by atoms with Gasteiger partial charge in [-0.2, -0.15) is 0 Å². The van der Waals surface area contributed by atoms with Gasteiger partial charge < -0.3 is 9.73 Å². The Morgan fingerprint density at radius 1 is 1.14 bits per heavy atom. The van der Waals surface area contributed by atoms with Gasteiger partial charge in [-0.25, -0.2) is 4.79 Å². The number of hydrogen-bond acceptors (Lipinski definition) is 4. The molecule has 6 nitrogen and oxygen atoms in total. The number of oxazole rings is 1. The predicted molar refractivity (Wildman–Crippen MR) is 81.6 cm³/mol. The fraction of sp³-hybridized carbons (Fsp3) is 0.500. The van der Waals surface area contributed by atoms with Crippen LogP contribution in [0.4, 0.5) is 0 Å². The van der Waals surface area contributed by atoms with E-state index in [4.69, 9.17) is 4.42 Å². The first-order chi connectivity index (χ1) is 10.7. The van der Waals surface area contributed by atoms with Crippen molar-refractivity contribution >= 4 is 17.0 Å². The van der Waals surface area contributed by atoms with E-state index in [2.05, 4.69) is 10.2 Å². The second-order valence-corrected chi connectivity index (χ2v) is 6.12. The highest BCUT2D eigenvalue weighted by atomic mass is 16.4. The number of nitrogens with one attached hydrogen (secondary N) is 1. The number of fused-ring (bicyclic) bond motifs is 3. The third-order valence-corrected chi connectivity index (χ3v) is 4.88. The molecule has 6 heteroatoms. The smallest absolute Gasteiger partial charge is 0.408 e. The molecule has 1 amide bonds. The average Bonchev–Trinajstić information content (AvgIpc) is 2.97. The summed E-state index contributed by atoms with van der Waals surface area (Å²) in [6.45, 7) is 2.08. The van der Waals surface area contributed by atoms with Crippen LogP contribution in [0.1, 0.15) is 19.3 Å². The number of benzene rings is 1. The van der Waals surface area contributed by atoms with Crippen molar-refractivity contribution < 1.29 is 9.21 Å². The Bertz CT molecular complexity index is 763. The fourth-order valence-corrected chi connectivity index (χ4v) is 3.78. The molecule has 22 heavy (non-hydrogen) atoms. The van der Waals surface area contributed by atoms with E-state index in [0.717, 1.165) is 31.4 Å². The van der Waals surface area contributed by atoms with Crippen molar-refractivity contribution in [3.05, 3.63) is 34.8 Å². The summed E-state index contributed by atoms with van der Waals surface area (Å²) < 4.78 is 6.96. The molecule has 2 aliphatic heterocycles. The summed E-state index contributed by atoms with van der Waals surface area (Å²) >= 11 is 0. The molecule has 2 atom stereocenters. The Morgan fingerprint density at radius 3 is 2.86 bits per heavy atom. The summed E-state index contributed by atoms with van der Waals surface area (Å²) in [7, 11) is 0. The van der Waals surface area contributed by atoms with Crippen molar-refractivity contribution in [3.8, 4) is 0 Å². The summed E-state index contributed by atoms with van der Waals surface area (Å²) in [6, 6.07) is 8.19. The molecular weight excluding hydrogens is 282 g/mol. The van der Waals surface area contributed by atoms with Gasteiger partial charge in [0.2, 0.25) is 5.91 Å². The van der Waals surface area contributed by atoms with Crippen LogP contribution in [0.5, 0.6) is 0 Å². The van der Waals surface area contributed by atoms with Crippen molar-refractivity contribution in [1.82, 2.24) is 14.8 Å². The Kier molecular flexibility index (Phi) is 3.26. The maximum Gasteiger partial charge on any atom is 0.419 e. The number of para-hydroxylation sites is 2. The third-order valence-electron chi connectivity index (χ3n) is 4.88. The molecule has 116 valence electrons. The lowest BCUT2D eigenvalue weighted by Crippen LogP contribution is -2.40. The van der Waals surface area contributed by atoms with Gasteiger partial charge in [-0.3, -0.25) is 14.3 Å². The van der Waals surface area contributed by atoms with Gasteiger partial charge in [0.25, 0.3) is 0 Å². The zero-order chi connectivity index (χ0) is 15.1. The number of hydrogen-bond donors (Lipinski definition) is 1. The van der Waals surface area contributed by atoms with Crippen LogP contribution in [-0.2, 0) is 11.3 Å². The van der Waals surface area contributed by atoms with Crippen LogP contribution in [0.3, 0.4) is 0 Å². The minimum atomic E-state index is -0.308. The van der Waals surface area contributed by atoms with Crippen LogP contribution in [0.2, 0.25) is 0 Å². The molecule has 1 N–H and O–H groups in total. The number of nitrogens with zero attached hydrogens (tertiary/aromatic N) is 2. The van der Waals surface area contributed by atoms with Gasteiger partial charge in [0.1, 0.15) is 0 Å². The molecule has 0 unspecified atom stereocenters. The highest BCUT2D eigenvalue weighted by Gasteiger charge is 2.37. The zero-order valence-corrected chi connectivity index (χ0v) is 12.3. The van der Waals surface area contributed by atoms with E-state index in [9.17, 15) is 9.59 Å². The van der Waals surface area contributed by atoms with Crippen molar-refractivity contribution in [3.63, 3.8) is 0 Å². The third kappa shape index (κ3) is 2.23. The molecular formula is C16H19N3O3. The molecule has 1 aromatic heterocycles. The zero-order valence-electron chi connectivity index (χ0n) is 12.3. The lowest BCUT2D eigenvalue weighted by atomic mass is 10.1. The first-order valence-corrected chi connectivity index (χ1v) is 7.83. The standard InChI is InChI=1S/C16H19N3O3/c20-15-9-11-5-6-12(10-17-15)18(11)7-8-19-13-3-1-2-4-14(13)22-16(19)21/h1-4,11-12H,5-10H2,(H,17,20)/t11-,12+/m1/s1. The lowest BCUT2D eigenvalue weighted by Gasteiger charge is -2.26. The summed E-state index contributed by atoms with van der Waals surface area (Å²) in [5.74, 6) is -0.166. The summed E-state index contributed by atoms with van der Waals surface area (Å²) in [4.78, 5) is 26.1. The molecule has 2 aromatic rings. The molecule has 3 heterocycles. The van der Waals surface area contributed by atoms with Gasteiger partial charge in [-0.05, 0) is 25.0 Å². The molecule has 1 aromatic carbocycles. The molecule has 0 saturated carbocycles. The minimum Gasteiger partial charge on any atom is -0.408 e. The average molecular weight is 301 g/mol. The number of aromatic nitrogens is 1. The monoisotopic (exact) mass is 301 g/mol. The number of rotatable bonds is 3. The Morgan fingerprint density at radius 2 is 1.95 bits per heavy atom. The molecule has 2 saturated heterocycles. The van der Waals surface area contributed by atoms with E-state index in [0.29, 0.717) is 30.6 Å². The van der Waals surface area contributed by atoms with Gasteiger partial charge >= 0.3 is 5.76 Å². The van der Waals surface area contributed by atoms with Crippen LogP contribution in [-0.4, -0.2) is 40.5 Å². The van der Waals surface area contributed by atoms with Crippen molar-refractivity contribution in [2.24, 2.45) is 0 Å². The quantitative estimate of drug-likeness (QED) is 0.916. The topological polar surface area (TPSA) is 67.5 Å². The maximum absolute atomic E-state index is 12.0. The van der Waals surface area contributed by atoms with Crippen LogP contribution in [0.25, 0.3) is 11.1 Å². The van der Waals surface area contributed by atoms with Crippen LogP contribution >= 0.6 is 0 Å². The van der Waals surface area contributed by atoms with Gasteiger partial charge in [0.05, 0.1) is 5.52 Å². The first-order valence-electron chi connectivity index (χ1n) is 7.83. The normalized spacial score (nSPS) is 25.4. The second kappa shape index (κ2) is 5.28. The summed E-state index contributed by atoms with van der Waals surface area (Å²) in [6.07, 6.45) is 2.75. The van der Waals surface area contributed by atoms with E-state index in [-0.39, 0.29) is 11.7 Å². The summed E-state index contributed by atoms with van der Waals surface area (Å²) in [5, 5.41) is 2.97. The van der Waals surface area contributed by atoms with Crippen LogP contribution in [0.15, 0.2) is 33.5 Å². The minimum absolute atomic E-state index is 0.142. The van der Waals surface area contributed by atoms with Gasteiger partial charge in [0, 0.05) is 38.1 Å². The Hall–Kier alpha value is -2.08. The van der Waals surface area contributed by atoms with E-state index in [1.165, 1.54) is 0 Å². The first kappa shape index (κ1) is 13.6. The van der Waals surface area contributed by atoms with Crippen LogP contribution in [0, 0.1) is 0 Å². The van der Waals surface area contributed by atoms with E-state index in [1.807, 2.05) is 24.3 Å². The predicted octanol–water partition coefficient (Wildman–Crippen LogP) is 0.947. The van der Waals surface area contributed by atoms with Gasteiger partial charge in [-0.15, -0.1) is 0 Å². The molecule has 0 radical (unpaired) electrons. The van der Waals surface area contributed by atoms with Gasteiger partial charge in [-0.1, -0.05) is 12.1 Å². The molecule has 2 fully saturated rings. The van der Waals surface area contributed by atoms with Gasteiger partial charge in [0.15, 0.2) is 5.58 Å². The van der Waals surface area contributed by atoms with Crippen molar-refractivity contribution in [1.29, 1.82) is 0 Å². The highest BCUT2D eigenvalue weighted by molar-refractivity contribution is 5.77. The Labute approximate surface area is 127 Å². The SMILES string of the molecule is O=C1C[C@H]2CC[C@@H](CN1)N2CCn1c(=O)oc2ccccc21. The molecule has 2 aliphatic rings. The molecule has 2 bridgehead atoms. The van der Waals surface area contributed by atoms with Crippen molar-refractivity contribution in [2.75, 3.05) is 13.1 Å². The Balaban J connectivity index is 1.56. The molecule has 4 rings (SSSR count). The molecule has 0 spiro atoms. The van der Waals surface area contributed by atoms with E-state index in [1.54, 1.807) is 4.57 Å². The molecule has 0 aliphatic carbocycles. The van der Waals surface area contributed by atoms with E-state index < -0.39 is 0 Å². The number of carbonyl (C=O) groups excluding carboxylic acids is 1. The number of amides is 1. The highest BCUT2D eigenvalue weighted by Crippen LogP contribution is 2.28. The van der Waals surface area contributed by atoms with Crippen molar-refractivity contribution in [2.45, 2.75) is 37.9 Å². The van der Waals surface area contributed by atoms with Crippen LogP contribution < -0.4 is 11.1 Å². The maximum atomic E-state index is 12.0. The van der Waals surface area contributed by atoms with E-state index >= 15 is 0 Å².